The third kappa shape index (κ3) is 2.69. The van der Waals surface area contributed by atoms with Crippen molar-refractivity contribution in [3.05, 3.63) is 62.0 Å². The van der Waals surface area contributed by atoms with Gasteiger partial charge < -0.3 is 5.73 Å². The molecular weight excluding hydrogens is 337 g/mol. The molecule has 5 heteroatoms. The zero-order chi connectivity index (χ0) is 13.3. The Morgan fingerprint density at radius 3 is 2.33 bits per heavy atom. The summed E-state index contributed by atoms with van der Waals surface area (Å²) < 4.78 is 0.899. The number of carbonyl (C=O) groups is 1. The first-order valence-corrected chi connectivity index (χ1v) is 6.58. The third-order valence-electron chi connectivity index (χ3n) is 2.40. The average Bonchev–Trinajstić information content (AvgIpc) is 2.34. The first-order valence-electron chi connectivity index (χ1n) is 5.04. The number of rotatable bonds is 2. The third-order valence-corrected chi connectivity index (χ3v) is 3.73. The van der Waals surface area contributed by atoms with Gasteiger partial charge in [-0.15, -0.1) is 0 Å². The Bertz CT molecular complexity index is 611. The minimum Gasteiger partial charge on any atom is -0.399 e. The Morgan fingerprint density at radius 2 is 1.72 bits per heavy atom. The maximum atomic E-state index is 12.3. The molecule has 2 aromatic carbocycles. The van der Waals surface area contributed by atoms with Crippen LogP contribution in [0.5, 0.6) is 0 Å². The molecule has 0 aliphatic carbocycles. The van der Waals surface area contributed by atoms with Gasteiger partial charge in [0.05, 0.1) is 10.0 Å². The van der Waals surface area contributed by atoms with Crippen LogP contribution in [0.3, 0.4) is 0 Å². The molecule has 0 unspecified atom stereocenters. The zero-order valence-corrected chi connectivity index (χ0v) is 12.2. The molecule has 0 aromatic heterocycles. The lowest BCUT2D eigenvalue weighted by atomic mass is 10.0. The van der Waals surface area contributed by atoms with Gasteiger partial charge in [-0.2, -0.15) is 0 Å². The van der Waals surface area contributed by atoms with Crippen molar-refractivity contribution in [1.82, 2.24) is 0 Å². The van der Waals surface area contributed by atoms with E-state index in [1.807, 2.05) is 0 Å². The summed E-state index contributed by atoms with van der Waals surface area (Å²) >= 11 is 15.2. The van der Waals surface area contributed by atoms with Gasteiger partial charge >= 0.3 is 0 Å². The number of ketones is 1. The molecule has 0 saturated heterocycles. The van der Waals surface area contributed by atoms with Crippen LogP contribution < -0.4 is 5.73 Å². The molecule has 2 nitrogen and oxygen atoms in total. The van der Waals surface area contributed by atoms with E-state index in [1.54, 1.807) is 24.3 Å². The highest BCUT2D eigenvalue weighted by atomic mass is 79.9. The molecule has 0 radical (unpaired) electrons. The van der Waals surface area contributed by atoms with Crippen molar-refractivity contribution in [1.29, 1.82) is 0 Å². The first kappa shape index (κ1) is 13.4. The summed E-state index contributed by atoms with van der Waals surface area (Å²) in [6.07, 6.45) is 0. The predicted octanol–water partition coefficient (Wildman–Crippen LogP) is 4.57. The van der Waals surface area contributed by atoms with E-state index in [9.17, 15) is 4.79 Å². The average molecular weight is 345 g/mol. The maximum absolute atomic E-state index is 12.3. The number of hydrogen-bond donors (Lipinski definition) is 1. The Morgan fingerprint density at radius 1 is 1.11 bits per heavy atom. The highest BCUT2D eigenvalue weighted by Gasteiger charge is 2.15. The van der Waals surface area contributed by atoms with Crippen molar-refractivity contribution in [3.8, 4) is 0 Å². The number of hydrogen-bond acceptors (Lipinski definition) is 2. The van der Waals surface area contributed by atoms with Crippen LogP contribution in [0.1, 0.15) is 15.9 Å². The van der Waals surface area contributed by atoms with Gasteiger partial charge in [0.2, 0.25) is 0 Å². The Labute approximate surface area is 123 Å². The SMILES string of the molecule is Nc1cc(Cl)c(Cl)c(C(=O)c2ccc(Br)cc2)c1. The van der Waals surface area contributed by atoms with E-state index in [-0.39, 0.29) is 15.8 Å². The molecule has 0 bridgehead atoms. The molecule has 92 valence electrons. The summed E-state index contributed by atoms with van der Waals surface area (Å²) in [6.45, 7) is 0. The quantitative estimate of drug-likeness (QED) is 0.640. The minimum absolute atomic E-state index is 0.207. The lowest BCUT2D eigenvalue weighted by Crippen LogP contribution is -2.03. The number of nitrogen functional groups attached to an aromatic ring is 1. The lowest BCUT2D eigenvalue weighted by Gasteiger charge is -2.07. The van der Waals surface area contributed by atoms with E-state index in [0.717, 1.165) is 4.47 Å². The molecule has 2 N–H and O–H groups in total. The molecule has 0 aliphatic heterocycles. The summed E-state index contributed by atoms with van der Waals surface area (Å²) in [7, 11) is 0. The molecule has 0 heterocycles. The number of halogens is 3. The first-order chi connectivity index (χ1) is 8.49. The van der Waals surface area contributed by atoms with E-state index in [2.05, 4.69) is 15.9 Å². The van der Waals surface area contributed by atoms with Crippen LogP contribution in [0.15, 0.2) is 40.9 Å². The fourth-order valence-corrected chi connectivity index (χ4v) is 2.22. The van der Waals surface area contributed by atoms with Crippen molar-refractivity contribution in [2.45, 2.75) is 0 Å². The number of benzene rings is 2. The topological polar surface area (TPSA) is 43.1 Å². The summed E-state index contributed by atoms with van der Waals surface area (Å²) in [5.41, 5.74) is 6.91. The van der Waals surface area contributed by atoms with Gasteiger partial charge in [-0.3, -0.25) is 4.79 Å². The highest BCUT2D eigenvalue weighted by molar-refractivity contribution is 9.10. The summed E-state index contributed by atoms with van der Waals surface area (Å²) in [5.74, 6) is -0.207. The summed E-state index contributed by atoms with van der Waals surface area (Å²) in [6, 6.07) is 10.0. The molecule has 0 spiro atoms. The van der Waals surface area contributed by atoms with Crippen LogP contribution in [0.2, 0.25) is 10.0 Å². The summed E-state index contributed by atoms with van der Waals surface area (Å²) in [4.78, 5) is 12.3. The predicted molar refractivity (Wildman–Crippen MR) is 78.4 cm³/mol. The zero-order valence-electron chi connectivity index (χ0n) is 9.08. The molecule has 0 saturated carbocycles. The van der Waals surface area contributed by atoms with Gasteiger partial charge in [0.1, 0.15) is 0 Å². The number of carbonyl (C=O) groups excluding carboxylic acids is 1. The number of nitrogens with two attached hydrogens (primary N) is 1. The smallest absolute Gasteiger partial charge is 0.194 e. The fourth-order valence-electron chi connectivity index (χ4n) is 1.53. The van der Waals surface area contributed by atoms with E-state index in [4.69, 9.17) is 28.9 Å². The van der Waals surface area contributed by atoms with Crippen molar-refractivity contribution < 1.29 is 4.79 Å². The van der Waals surface area contributed by atoms with Crippen molar-refractivity contribution in [3.63, 3.8) is 0 Å². The van der Waals surface area contributed by atoms with Crippen LogP contribution in [0, 0.1) is 0 Å². The van der Waals surface area contributed by atoms with Crippen molar-refractivity contribution >= 4 is 50.6 Å². The normalized spacial score (nSPS) is 10.4. The van der Waals surface area contributed by atoms with E-state index < -0.39 is 0 Å². The van der Waals surface area contributed by atoms with Crippen LogP contribution in [-0.2, 0) is 0 Å². The standard InChI is InChI=1S/C13H8BrCl2NO/c14-8-3-1-7(2-4-8)13(18)10-5-9(17)6-11(15)12(10)16/h1-6H,17H2. The number of anilines is 1. The van der Waals surface area contributed by atoms with Crippen molar-refractivity contribution in [2.24, 2.45) is 0 Å². The van der Waals surface area contributed by atoms with Gasteiger partial charge in [0, 0.05) is 21.3 Å². The van der Waals surface area contributed by atoms with Crippen LogP contribution in [-0.4, -0.2) is 5.78 Å². The molecule has 2 rings (SSSR count). The van der Waals surface area contributed by atoms with Gasteiger partial charge in [-0.05, 0) is 36.4 Å². The van der Waals surface area contributed by atoms with Gasteiger partial charge in [0.25, 0.3) is 0 Å². The van der Waals surface area contributed by atoms with E-state index in [1.165, 1.54) is 12.1 Å². The molecule has 0 atom stereocenters. The van der Waals surface area contributed by atoms with E-state index >= 15 is 0 Å². The Hall–Kier alpha value is -1.03. The van der Waals surface area contributed by atoms with Crippen LogP contribution in [0.4, 0.5) is 5.69 Å². The second-order valence-corrected chi connectivity index (χ2v) is 5.40. The van der Waals surface area contributed by atoms with E-state index in [0.29, 0.717) is 16.8 Å². The molecule has 2 aromatic rings. The Balaban J connectivity index is 2.49. The van der Waals surface area contributed by atoms with Crippen LogP contribution >= 0.6 is 39.1 Å². The second kappa shape index (κ2) is 5.31. The monoisotopic (exact) mass is 343 g/mol. The molecule has 0 aliphatic rings. The minimum atomic E-state index is -0.207. The summed E-state index contributed by atoms with van der Waals surface area (Å²) in [5, 5.41) is 0.496. The molecule has 0 amide bonds. The molecule has 18 heavy (non-hydrogen) atoms. The van der Waals surface area contributed by atoms with Crippen LogP contribution in [0.25, 0.3) is 0 Å². The molecule has 0 fully saturated rings. The Kier molecular flexibility index (Phi) is 3.95. The van der Waals surface area contributed by atoms with Gasteiger partial charge in [0.15, 0.2) is 5.78 Å². The van der Waals surface area contributed by atoms with Crippen molar-refractivity contribution in [2.75, 3.05) is 5.73 Å². The largest absolute Gasteiger partial charge is 0.399 e. The highest BCUT2D eigenvalue weighted by Crippen LogP contribution is 2.30. The molecular formula is C13H8BrCl2NO. The second-order valence-electron chi connectivity index (χ2n) is 3.70. The van der Waals surface area contributed by atoms with Gasteiger partial charge in [-0.1, -0.05) is 39.1 Å². The lowest BCUT2D eigenvalue weighted by molar-refractivity contribution is 0.103. The fraction of sp³-hybridized carbons (Fsp3) is 0. The van der Waals surface area contributed by atoms with Gasteiger partial charge in [-0.25, -0.2) is 0 Å². The maximum Gasteiger partial charge on any atom is 0.194 e.